The van der Waals surface area contributed by atoms with Crippen molar-refractivity contribution in [3.8, 4) is 6.07 Å². The minimum Gasteiger partial charge on any atom is -0.377 e. The van der Waals surface area contributed by atoms with Crippen molar-refractivity contribution in [2.75, 3.05) is 6.61 Å². The molecule has 0 fully saturated rings. The number of aromatic nitrogens is 2. The lowest BCUT2D eigenvalue weighted by molar-refractivity contribution is 0.118. The normalized spacial score (nSPS) is 10.1. The molecule has 2 aromatic heterocycles. The number of pyridine rings is 2. The summed E-state index contributed by atoms with van der Waals surface area (Å²) in [5.74, 6) is 0. The Balaban J connectivity index is 1.71. The summed E-state index contributed by atoms with van der Waals surface area (Å²) in [6.07, 6.45) is 7.13. The van der Waals surface area contributed by atoms with Gasteiger partial charge in [-0.2, -0.15) is 5.26 Å². The number of ether oxygens (including phenoxy) is 1. The second-order valence-electron chi connectivity index (χ2n) is 4.13. The summed E-state index contributed by atoms with van der Waals surface area (Å²) in [4.78, 5) is 7.98. The number of rotatable bonds is 6. The maximum Gasteiger partial charge on any atom is 0.145 e. The molecule has 0 spiro atoms. The summed E-state index contributed by atoms with van der Waals surface area (Å²) in [5, 5.41) is 8.90. The maximum absolute atomic E-state index is 8.90. The van der Waals surface area contributed by atoms with Gasteiger partial charge in [0.05, 0.1) is 6.61 Å². The van der Waals surface area contributed by atoms with Crippen molar-refractivity contribution in [2.45, 2.75) is 19.4 Å². The Labute approximate surface area is 112 Å². The van der Waals surface area contributed by atoms with Crippen LogP contribution in [0.25, 0.3) is 0 Å². The first-order valence-electron chi connectivity index (χ1n) is 6.21. The monoisotopic (exact) mass is 253 g/mol. The summed E-state index contributed by atoms with van der Waals surface area (Å²) in [5.41, 5.74) is 2.54. The molecule has 4 heteroatoms. The van der Waals surface area contributed by atoms with Gasteiger partial charge < -0.3 is 4.74 Å². The molecule has 0 unspecified atom stereocenters. The fourth-order valence-corrected chi connectivity index (χ4v) is 1.77. The molecule has 0 saturated heterocycles. The first-order chi connectivity index (χ1) is 9.40. The first-order valence-corrected chi connectivity index (χ1v) is 6.21. The third kappa shape index (κ3) is 4.16. The van der Waals surface area contributed by atoms with E-state index in [1.807, 2.05) is 24.3 Å². The van der Waals surface area contributed by atoms with Gasteiger partial charge in [-0.05, 0) is 36.6 Å². The molecule has 0 aliphatic rings. The smallest absolute Gasteiger partial charge is 0.145 e. The molecule has 0 saturated carbocycles. The van der Waals surface area contributed by atoms with Crippen molar-refractivity contribution in [3.63, 3.8) is 0 Å². The molecule has 0 aliphatic carbocycles. The zero-order valence-electron chi connectivity index (χ0n) is 10.6. The van der Waals surface area contributed by atoms with Crippen LogP contribution in [-0.2, 0) is 17.8 Å². The predicted molar refractivity (Wildman–Crippen MR) is 71.2 cm³/mol. The van der Waals surface area contributed by atoms with Crippen LogP contribution in [0.2, 0.25) is 0 Å². The van der Waals surface area contributed by atoms with Gasteiger partial charge in [-0.25, -0.2) is 4.98 Å². The zero-order valence-corrected chi connectivity index (χ0v) is 10.6. The standard InChI is InChI=1S/C15H15N3O/c16-11-15-14(4-1-7-18-15)12-19-10-2-3-13-5-8-17-9-6-13/h1,4-9H,2-3,10,12H2. The highest BCUT2D eigenvalue weighted by Crippen LogP contribution is 2.07. The average Bonchev–Trinajstić information content (AvgIpc) is 2.48. The minimum atomic E-state index is 0.438. The molecule has 96 valence electrons. The summed E-state index contributed by atoms with van der Waals surface area (Å²) in [6, 6.07) is 9.77. The molecule has 2 rings (SSSR count). The highest BCUT2D eigenvalue weighted by molar-refractivity contribution is 5.29. The van der Waals surface area contributed by atoms with E-state index in [9.17, 15) is 0 Å². The van der Waals surface area contributed by atoms with Gasteiger partial charge in [-0.1, -0.05) is 6.07 Å². The summed E-state index contributed by atoms with van der Waals surface area (Å²) in [7, 11) is 0. The van der Waals surface area contributed by atoms with Crippen LogP contribution in [0.1, 0.15) is 23.2 Å². The van der Waals surface area contributed by atoms with Crippen molar-refractivity contribution in [1.29, 1.82) is 5.26 Å². The number of hydrogen-bond acceptors (Lipinski definition) is 4. The maximum atomic E-state index is 8.90. The lowest BCUT2D eigenvalue weighted by Crippen LogP contribution is -2.00. The SMILES string of the molecule is N#Cc1ncccc1COCCCc1ccncc1. The third-order valence-corrected chi connectivity index (χ3v) is 2.76. The molecule has 2 heterocycles. The Hall–Kier alpha value is -2.25. The van der Waals surface area contributed by atoms with Crippen molar-refractivity contribution in [1.82, 2.24) is 9.97 Å². The van der Waals surface area contributed by atoms with Crippen LogP contribution in [0.3, 0.4) is 0 Å². The summed E-state index contributed by atoms with van der Waals surface area (Å²) in [6.45, 7) is 1.11. The van der Waals surface area contributed by atoms with Crippen molar-refractivity contribution < 1.29 is 4.74 Å². The lowest BCUT2D eigenvalue weighted by atomic mass is 10.1. The van der Waals surface area contributed by atoms with E-state index >= 15 is 0 Å². The molecule has 4 nitrogen and oxygen atoms in total. The van der Waals surface area contributed by atoms with Crippen molar-refractivity contribution in [2.24, 2.45) is 0 Å². The van der Waals surface area contributed by atoms with E-state index in [1.54, 1.807) is 18.6 Å². The third-order valence-electron chi connectivity index (χ3n) is 2.76. The fraction of sp³-hybridized carbons (Fsp3) is 0.267. The van der Waals surface area contributed by atoms with Crippen LogP contribution in [0.5, 0.6) is 0 Å². The van der Waals surface area contributed by atoms with Crippen molar-refractivity contribution in [3.05, 3.63) is 59.7 Å². The van der Waals surface area contributed by atoms with Gasteiger partial charge in [0.1, 0.15) is 11.8 Å². The Morgan fingerprint density at radius 1 is 1.16 bits per heavy atom. The molecule has 0 bridgehead atoms. The Morgan fingerprint density at radius 3 is 2.79 bits per heavy atom. The summed E-state index contributed by atoms with van der Waals surface area (Å²) >= 11 is 0. The first kappa shape index (κ1) is 13.2. The molecule has 0 N–H and O–H groups in total. The van der Waals surface area contributed by atoms with E-state index in [1.165, 1.54) is 5.56 Å². The van der Waals surface area contributed by atoms with Gasteiger partial charge >= 0.3 is 0 Å². The Kier molecular flexibility index (Phi) is 5.03. The van der Waals surface area contributed by atoms with E-state index in [-0.39, 0.29) is 0 Å². The highest BCUT2D eigenvalue weighted by Gasteiger charge is 2.01. The molecular formula is C15H15N3O. The number of aryl methyl sites for hydroxylation is 1. The van der Waals surface area contributed by atoms with Gasteiger partial charge in [0.15, 0.2) is 0 Å². The Bertz CT molecular complexity index is 549. The van der Waals surface area contributed by atoms with Gasteiger partial charge in [0.2, 0.25) is 0 Å². The van der Waals surface area contributed by atoms with Gasteiger partial charge in [-0.15, -0.1) is 0 Å². The van der Waals surface area contributed by atoms with E-state index < -0.39 is 0 Å². The number of nitriles is 1. The van der Waals surface area contributed by atoms with E-state index in [0.29, 0.717) is 18.9 Å². The second-order valence-corrected chi connectivity index (χ2v) is 4.13. The van der Waals surface area contributed by atoms with Crippen LogP contribution in [0.4, 0.5) is 0 Å². The van der Waals surface area contributed by atoms with Gasteiger partial charge in [0, 0.05) is 30.8 Å². The lowest BCUT2D eigenvalue weighted by Gasteiger charge is -2.05. The predicted octanol–water partition coefficient (Wildman–Crippen LogP) is 2.50. The quantitative estimate of drug-likeness (QED) is 0.742. The molecular weight excluding hydrogens is 238 g/mol. The molecule has 19 heavy (non-hydrogen) atoms. The average molecular weight is 253 g/mol. The highest BCUT2D eigenvalue weighted by atomic mass is 16.5. The van der Waals surface area contributed by atoms with Crippen LogP contribution in [-0.4, -0.2) is 16.6 Å². The number of hydrogen-bond donors (Lipinski definition) is 0. The van der Waals surface area contributed by atoms with Gasteiger partial charge in [-0.3, -0.25) is 4.98 Å². The summed E-state index contributed by atoms with van der Waals surface area (Å²) < 4.78 is 5.58. The zero-order chi connectivity index (χ0) is 13.3. The van der Waals surface area contributed by atoms with Crippen LogP contribution >= 0.6 is 0 Å². The van der Waals surface area contributed by atoms with Gasteiger partial charge in [0.25, 0.3) is 0 Å². The van der Waals surface area contributed by atoms with Crippen molar-refractivity contribution >= 4 is 0 Å². The topological polar surface area (TPSA) is 58.8 Å². The van der Waals surface area contributed by atoms with E-state index in [0.717, 1.165) is 18.4 Å². The Morgan fingerprint density at radius 2 is 2.00 bits per heavy atom. The molecule has 0 aliphatic heterocycles. The molecule has 0 radical (unpaired) electrons. The molecule has 2 aromatic rings. The fourth-order valence-electron chi connectivity index (χ4n) is 1.77. The van der Waals surface area contributed by atoms with E-state index in [2.05, 4.69) is 16.0 Å². The van der Waals surface area contributed by atoms with Crippen LogP contribution < -0.4 is 0 Å². The largest absolute Gasteiger partial charge is 0.377 e. The minimum absolute atomic E-state index is 0.438. The van der Waals surface area contributed by atoms with Crippen LogP contribution in [0, 0.1) is 11.3 Å². The molecule has 0 amide bonds. The molecule has 0 atom stereocenters. The molecule has 0 aromatic carbocycles. The van der Waals surface area contributed by atoms with E-state index in [4.69, 9.17) is 10.00 Å². The number of nitrogens with zero attached hydrogens (tertiary/aromatic N) is 3. The second kappa shape index (κ2) is 7.24. The van der Waals surface area contributed by atoms with Crippen LogP contribution in [0.15, 0.2) is 42.9 Å².